The third-order valence-corrected chi connectivity index (χ3v) is 3.60. The molecule has 1 fully saturated rings. The van der Waals surface area contributed by atoms with Gasteiger partial charge in [-0.15, -0.1) is 0 Å². The molecular formula is C14H18N2O. The van der Waals surface area contributed by atoms with Crippen molar-refractivity contribution in [2.75, 3.05) is 31.1 Å². The number of ether oxygens (including phenoxy) is 1. The van der Waals surface area contributed by atoms with Gasteiger partial charge in [-0.2, -0.15) is 0 Å². The number of benzene rings is 1. The van der Waals surface area contributed by atoms with Crippen molar-refractivity contribution < 1.29 is 4.74 Å². The first-order valence-corrected chi connectivity index (χ1v) is 6.26. The van der Waals surface area contributed by atoms with E-state index in [4.69, 9.17) is 4.74 Å². The minimum atomic E-state index is 0.560. The molecule has 0 aliphatic carbocycles. The normalized spacial score (nSPS) is 23.1. The summed E-state index contributed by atoms with van der Waals surface area (Å²) < 4.78 is 5.92. The zero-order valence-corrected chi connectivity index (χ0v) is 9.98. The molecule has 0 saturated carbocycles. The Bertz CT molecular complexity index is 430. The molecule has 3 rings (SSSR count). The van der Waals surface area contributed by atoms with Crippen LogP contribution in [0.25, 0.3) is 6.08 Å². The van der Waals surface area contributed by atoms with Crippen LogP contribution >= 0.6 is 0 Å². The lowest BCUT2D eigenvalue weighted by atomic mass is 10.1. The molecule has 2 heterocycles. The summed E-state index contributed by atoms with van der Waals surface area (Å²) in [5.41, 5.74) is 2.33. The van der Waals surface area contributed by atoms with Gasteiger partial charge >= 0.3 is 0 Å². The smallest absolute Gasteiger partial charge is 0.149 e. The monoisotopic (exact) mass is 230 g/mol. The zero-order valence-electron chi connectivity index (χ0n) is 9.98. The molecule has 3 heteroatoms. The molecule has 1 saturated heterocycles. The molecule has 0 bridgehead atoms. The average Bonchev–Trinajstić information content (AvgIpc) is 2.58. The Hall–Kier alpha value is -1.48. The molecule has 1 atom stereocenters. The van der Waals surface area contributed by atoms with E-state index < -0.39 is 0 Å². The van der Waals surface area contributed by atoms with Crippen molar-refractivity contribution in [1.82, 2.24) is 5.32 Å². The number of fused-ring (bicyclic) bond motifs is 3. The maximum Gasteiger partial charge on any atom is 0.149 e. The first kappa shape index (κ1) is 10.7. The van der Waals surface area contributed by atoms with Gasteiger partial charge in [0.05, 0.1) is 12.3 Å². The van der Waals surface area contributed by atoms with Crippen molar-refractivity contribution >= 4 is 11.8 Å². The topological polar surface area (TPSA) is 24.5 Å². The number of hydrogen-bond acceptors (Lipinski definition) is 3. The maximum atomic E-state index is 5.92. The SMILES string of the molecule is C=Cc1cccc2c1OCC[C@H]1CNCCN21. The summed E-state index contributed by atoms with van der Waals surface area (Å²) >= 11 is 0. The van der Waals surface area contributed by atoms with Gasteiger partial charge in [-0.1, -0.05) is 24.8 Å². The molecule has 0 spiro atoms. The highest BCUT2D eigenvalue weighted by Gasteiger charge is 2.28. The summed E-state index contributed by atoms with van der Waals surface area (Å²) in [5, 5.41) is 3.45. The van der Waals surface area contributed by atoms with Gasteiger partial charge in [-0.25, -0.2) is 0 Å². The molecule has 2 aliphatic heterocycles. The van der Waals surface area contributed by atoms with Crippen LogP contribution < -0.4 is 15.0 Å². The molecule has 2 aliphatic rings. The predicted molar refractivity (Wildman–Crippen MR) is 70.6 cm³/mol. The largest absolute Gasteiger partial charge is 0.491 e. The molecule has 0 amide bonds. The maximum absolute atomic E-state index is 5.92. The van der Waals surface area contributed by atoms with Crippen LogP contribution in [0, 0.1) is 0 Å². The van der Waals surface area contributed by atoms with Crippen molar-refractivity contribution in [1.29, 1.82) is 0 Å². The van der Waals surface area contributed by atoms with E-state index in [1.165, 1.54) is 5.69 Å². The number of rotatable bonds is 1. The van der Waals surface area contributed by atoms with Gasteiger partial charge in [-0.05, 0) is 6.07 Å². The predicted octanol–water partition coefficient (Wildman–Crippen LogP) is 1.89. The molecule has 3 nitrogen and oxygen atoms in total. The number of nitrogens with zero attached hydrogens (tertiary/aromatic N) is 1. The van der Waals surface area contributed by atoms with Crippen LogP contribution in [0.3, 0.4) is 0 Å². The Morgan fingerprint density at radius 2 is 2.41 bits per heavy atom. The zero-order chi connectivity index (χ0) is 11.7. The summed E-state index contributed by atoms with van der Waals surface area (Å²) in [4.78, 5) is 2.48. The van der Waals surface area contributed by atoms with E-state index in [-0.39, 0.29) is 0 Å². The highest BCUT2D eigenvalue weighted by Crippen LogP contribution is 2.37. The van der Waals surface area contributed by atoms with Crippen molar-refractivity contribution in [3.8, 4) is 5.75 Å². The van der Waals surface area contributed by atoms with Crippen LogP contribution in [-0.2, 0) is 0 Å². The summed E-state index contributed by atoms with van der Waals surface area (Å²) in [6.45, 7) is 7.82. The molecule has 1 N–H and O–H groups in total. The van der Waals surface area contributed by atoms with E-state index >= 15 is 0 Å². The van der Waals surface area contributed by atoms with E-state index in [2.05, 4.69) is 35.0 Å². The van der Waals surface area contributed by atoms with Gasteiger partial charge in [0, 0.05) is 37.7 Å². The fourth-order valence-electron chi connectivity index (χ4n) is 2.72. The van der Waals surface area contributed by atoms with Crippen LogP contribution in [0.2, 0.25) is 0 Å². The quantitative estimate of drug-likeness (QED) is 0.797. The van der Waals surface area contributed by atoms with Crippen LogP contribution in [0.5, 0.6) is 5.75 Å². The molecule has 90 valence electrons. The Labute approximate surface area is 102 Å². The first-order valence-electron chi connectivity index (χ1n) is 6.26. The van der Waals surface area contributed by atoms with Gasteiger partial charge in [0.25, 0.3) is 0 Å². The standard InChI is InChI=1S/C14H18N2O/c1-2-11-4-3-5-13-14(11)17-9-6-12-10-15-7-8-16(12)13/h2-5,12,15H,1,6-10H2/t12-/m0/s1. The van der Waals surface area contributed by atoms with Gasteiger partial charge in [0.1, 0.15) is 5.75 Å². The Balaban J connectivity index is 2.06. The van der Waals surface area contributed by atoms with E-state index in [0.29, 0.717) is 6.04 Å². The molecule has 0 radical (unpaired) electrons. The van der Waals surface area contributed by atoms with Crippen molar-refractivity contribution in [3.05, 3.63) is 30.3 Å². The Kier molecular flexibility index (Phi) is 2.77. The third-order valence-electron chi connectivity index (χ3n) is 3.60. The van der Waals surface area contributed by atoms with Gasteiger partial charge in [-0.3, -0.25) is 0 Å². The number of para-hydroxylation sites is 1. The molecule has 1 aromatic rings. The molecule has 0 aromatic heterocycles. The average molecular weight is 230 g/mol. The van der Waals surface area contributed by atoms with Crippen molar-refractivity contribution in [3.63, 3.8) is 0 Å². The highest BCUT2D eigenvalue weighted by atomic mass is 16.5. The first-order chi connectivity index (χ1) is 8.40. The van der Waals surface area contributed by atoms with Crippen LogP contribution in [-0.4, -0.2) is 32.3 Å². The van der Waals surface area contributed by atoms with E-state index in [9.17, 15) is 0 Å². The third kappa shape index (κ3) is 1.80. The van der Waals surface area contributed by atoms with Gasteiger partial charge in [0.2, 0.25) is 0 Å². The van der Waals surface area contributed by atoms with Gasteiger partial charge < -0.3 is 15.0 Å². The van der Waals surface area contributed by atoms with Crippen molar-refractivity contribution in [2.24, 2.45) is 0 Å². The Morgan fingerprint density at radius 3 is 3.29 bits per heavy atom. The molecule has 0 unspecified atom stereocenters. The number of hydrogen-bond donors (Lipinski definition) is 1. The van der Waals surface area contributed by atoms with Crippen molar-refractivity contribution in [2.45, 2.75) is 12.5 Å². The van der Waals surface area contributed by atoms with E-state index in [1.54, 1.807) is 0 Å². The van der Waals surface area contributed by atoms with Gasteiger partial charge in [0.15, 0.2) is 0 Å². The van der Waals surface area contributed by atoms with Crippen LogP contribution in [0.1, 0.15) is 12.0 Å². The summed E-state index contributed by atoms with van der Waals surface area (Å²) in [6.07, 6.45) is 2.96. The van der Waals surface area contributed by atoms with Crippen LogP contribution in [0.15, 0.2) is 24.8 Å². The van der Waals surface area contributed by atoms with Crippen LogP contribution in [0.4, 0.5) is 5.69 Å². The minimum Gasteiger partial charge on any atom is -0.491 e. The fourth-order valence-corrected chi connectivity index (χ4v) is 2.72. The Morgan fingerprint density at radius 1 is 1.47 bits per heavy atom. The summed E-state index contributed by atoms with van der Waals surface area (Å²) in [7, 11) is 0. The fraction of sp³-hybridized carbons (Fsp3) is 0.429. The van der Waals surface area contributed by atoms with E-state index in [0.717, 1.165) is 44.0 Å². The minimum absolute atomic E-state index is 0.560. The molecule has 1 aromatic carbocycles. The number of piperazine rings is 1. The highest BCUT2D eigenvalue weighted by molar-refractivity contribution is 5.70. The number of nitrogens with one attached hydrogen (secondary N) is 1. The second kappa shape index (κ2) is 4.41. The summed E-state index contributed by atoms with van der Waals surface area (Å²) in [6, 6.07) is 6.87. The lowest BCUT2D eigenvalue weighted by Crippen LogP contribution is -2.51. The second-order valence-corrected chi connectivity index (χ2v) is 4.59. The number of anilines is 1. The second-order valence-electron chi connectivity index (χ2n) is 4.59. The lowest BCUT2D eigenvalue weighted by molar-refractivity contribution is 0.303. The summed E-state index contributed by atoms with van der Waals surface area (Å²) in [5.74, 6) is 1.01. The molecular weight excluding hydrogens is 212 g/mol. The molecule has 17 heavy (non-hydrogen) atoms. The van der Waals surface area contributed by atoms with E-state index in [1.807, 2.05) is 6.08 Å². The lowest BCUT2D eigenvalue weighted by Gasteiger charge is -2.36.